The van der Waals surface area contributed by atoms with Crippen molar-refractivity contribution in [1.82, 2.24) is 24.9 Å². The van der Waals surface area contributed by atoms with E-state index in [0.29, 0.717) is 46.6 Å². The van der Waals surface area contributed by atoms with E-state index in [9.17, 15) is 9.90 Å². The van der Waals surface area contributed by atoms with E-state index in [1.807, 2.05) is 19.9 Å². The van der Waals surface area contributed by atoms with Gasteiger partial charge in [0.05, 0.1) is 17.5 Å². The van der Waals surface area contributed by atoms with Gasteiger partial charge in [-0.3, -0.25) is 4.79 Å². The van der Waals surface area contributed by atoms with Crippen LogP contribution in [0.1, 0.15) is 62.9 Å². The zero-order chi connectivity index (χ0) is 25.3. The van der Waals surface area contributed by atoms with E-state index in [-0.39, 0.29) is 11.9 Å². The number of aromatic nitrogens is 4. The van der Waals surface area contributed by atoms with Crippen molar-refractivity contribution in [1.29, 1.82) is 0 Å². The Morgan fingerprint density at radius 1 is 1.08 bits per heavy atom. The number of nitrogens with zero attached hydrogens (tertiary/aromatic N) is 4. The number of halogens is 1. The van der Waals surface area contributed by atoms with Crippen LogP contribution in [0.25, 0.3) is 5.65 Å². The standard InChI is InChI=1S/C25H33ClN8O2/c1-25(2,36)14-29-15-3-5-17(6-4-15)31-22-12-19(30-16-7-8-16)23-28-13-20(34(23)33-22)24(35)32-18-9-10-27-21(26)11-18/h9-13,15-17,29-30,36H,3-8,14H2,1-2H3,(H,31,33)(H,27,32,35). The molecule has 0 saturated heterocycles. The Kier molecular flexibility index (Phi) is 7.00. The topological polar surface area (TPSA) is 128 Å². The molecule has 2 aliphatic carbocycles. The summed E-state index contributed by atoms with van der Waals surface area (Å²) < 4.78 is 1.60. The van der Waals surface area contributed by atoms with Crippen LogP contribution >= 0.6 is 11.6 Å². The molecule has 0 spiro atoms. The van der Waals surface area contributed by atoms with Crippen LogP contribution in [0, 0.1) is 0 Å². The number of rotatable bonds is 9. The van der Waals surface area contributed by atoms with E-state index in [0.717, 1.165) is 44.2 Å². The number of anilines is 3. The van der Waals surface area contributed by atoms with Crippen molar-refractivity contribution in [2.24, 2.45) is 0 Å². The van der Waals surface area contributed by atoms with Crippen LogP contribution in [0.15, 0.2) is 30.6 Å². The van der Waals surface area contributed by atoms with Crippen molar-refractivity contribution < 1.29 is 9.90 Å². The maximum Gasteiger partial charge on any atom is 0.276 e. The fraction of sp³-hybridized carbons (Fsp3) is 0.520. The van der Waals surface area contributed by atoms with Gasteiger partial charge in [0.1, 0.15) is 11.0 Å². The van der Waals surface area contributed by atoms with Gasteiger partial charge >= 0.3 is 0 Å². The summed E-state index contributed by atoms with van der Waals surface area (Å²) in [5.74, 6) is 0.378. The lowest BCUT2D eigenvalue weighted by molar-refractivity contribution is 0.0744. The van der Waals surface area contributed by atoms with Crippen molar-refractivity contribution in [2.75, 3.05) is 22.5 Å². The molecule has 192 valence electrons. The van der Waals surface area contributed by atoms with Crippen molar-refractivity contribution in [3.05, 3.63) is 41.4 Å². The lowest BCUT2D eigenvalue weighted by Gasteiger charge is -2.31. The third-order valence-corrected chi connectivity index (χ3v) is 6.73. The predicted octanol–water partition coefficient (Wildman–Crippen LogP) is 3.69. The summed E-state index contributed by atoms with van der Waals surface area (Å²) >= 11 is 5.96. The Morgan fingerprint density at radius 2 is 1.78 bits per heavy atom. The molecule has 5 rings (SSSR count). The van der Waals surface area contributed by atoms with Gasteiger partial charge in [0, 0.05) is 42.6 Å². The molecule has 3 aromatic rings. The van der Waals surface area contributed by atoms with Crippen LogP contribution in [-0.4, -0.2) is 60.9 Å². The van der Waals surface area contributed by atoms with Crippen LogP contribution in [-0.2, 0) is 0 Å². The molecule has 2 saturated carbocycles. The molecule has 0 aliphatic heterocycles. The average Bonchev–Trinajstić information content (AvgIpc) is 3.53. The summed E-state index contributed by atoms with van der Waals surface area (Å²) in [6.07, 6.45) is 9.36. The molecule has 0 unspecified atom stereocenters. The molecule has 5 N–H and O–H groups in total. The highest BCUT2D eigenvalue weighted by molar-refractivity contribution is 6.29. The fourth-order valence-electron chi connectivity index (χ4n) is 4.47. The van der Waals surface area contributed by atoms with Crippen molar-refractivity contribution in [2.45, 2.75) is 76.1 Å². The summed E-state index contributed by atoms with van der Waals surface area (Å²) in [5, 5.41) is 28.5. The number of aliphatic hydroxyl groups is 1. The molecule has 10 nitrogen and oxygen atoms in total. The maximum absolute atomic E-state index is 13.1. The van der Waals surface area contributed by atoms with Gasteiger partial charge in [-0.05, 0) is 64.5 Å². The highest BCUT2D eigenvalue weighted by Gasteiger charge is 2.26. The molecule has 0 bridgehead atoms. The minimum absolute atomic E-state index is 0.281. The number of amides is 1. The third-order valence-electron chi connectivity index (χ3n) is 6.52. The molecular formula is C25H33ClN8O2. The second-order valence-corrected chi connectivity index (χ2v) is 10.8. The third kappa shape index (κ3) is 6.24. The van der Waals surface area contributed by atoms with Crippen molar-refractivity contribution >= 4 is 40.3 Å². The molecule has 3 heterocycles. The maximum atomic E-state index is 13.1. The quantitative estimate of drug-likeness (QED) is 0.275. The summed E-state index contributed by atoms with van der Waals surface area (Å²) in [6, 6.07) is 6.38. The zero-order valence-corrected chi connectivity index (χ0v) is 21.3. The first kappa shape index (κ1) is 24.7. The van der Waals surface area contributed by atoms with Gasteiger partial charge in [-0.15, -0.1) is 5.10 Å². The average molecular weight is 513 g/mol. The van der Waals surface area contributed by atoms with E-state index >= 15 is 0 Å². The van der Waals surface area contributed by atoms with E-state index in [1.54, 1.807) is 29.0 Å². The van der Waals surface area contributed by atoms with Gasteiger partial charge in [-0.1, -0.05) is 11.6 Å². The van der Waals surface area contributed by atoms with Crippen molar-refractivity contribution in [3.8, 4) is 0 Å². The summed E-state index contributed by atoms with van der Waals surface area (Å²) in [4.78, 5) is 21.5. The van der Waals surface area contributed by atoms with Crippen molar-refractivity contribution in [3.63, 3.8) is 0 Å². The second kappa shape index (κ2) is 10.2. The lowest BCUT2D eigenvalue weighted by atomic mass is 9.90. The van der Waals surface area contributed by atoms with Gasteiger partial charge in [-0.25, -0.2) is 14.5 Å². The Labute approximate surface area is 215 Å². The normalized spacial score (nSPS) is 20.3. The molecule has 11 heteroatoms. The summed E-state index contributed by atoms with van der Waals surface area (Å²) in [6.45, 7) is 4.22. The lowest BCUT2D eigenvalue weighted by Crippen LogP contribution is -2.43. The molecular weight excluding hydrogens is 480 g/mol. The van der Waals surface area contributed by atoms with Crippen LogP contribution < -0.4 is 21.3 Å². The molecule has 1 amide bonds. The Balaban J connectivity index is 1.32. The van der Waals surface area contributed by atoms with E-state index in [2.05, 4.69) is 31.2 Å². The largest absolute Gasteiger partial charge is 0.389 e. The summed E-state index contributed by atoms with van der Waals surface area (Å²) in [7, 11) is 0. The molecule has 3 aromatic heterocycles. The second-order valence-electron chi connectivity index (χ2n) is 10.4. The number of imidazole rings is 1. The zero-order valence-electron chi connectivity index (χ0n) is 20.6. The molecule has 0 aromatic carbocycles. The number of fused-ring (bicyclic) bond motifs is 1. The molecule has 0 atom stereocenters. The number of carbonyl (C=O) groups is 1. The summed E-state index contributed by atoms with van der Waals surface area (Å²) in [5.41, 5.74) is 1.65. The first-order valence-electron chi connectivity index (χ1n) is 12.5. The molecule has 2 fully saturated rings. The SMILES string of the molecule is CC(C)(O)CNC1CCC(Nc2cc(NC3CC3)c3ncc(C(=O)Nc4ccnc(Cl)c4)n3n2)CC1. The molecule has 0 radical (unpaired) electrons. The van der Waals surface area contributed by atoms with Crippen LogP contribution in [0.5, 0.6) is 0 Å². The minimum atomic E-state index is -0.710. The van der Waals surface area contributed by atoms with Gasteiger partial charge in [0.25, 0.3) is 5.91 Å². The van der Waals surface area contributed by atoms with E-state index in [1.165, 1.54) is 0 Å². The number of hydrogen-bond acceptors (Lipinski definition) is 8. The van der Waals surface area contributed by atoms with Gasteiger partial charge in [0.2, 0.25) is 0 Å². The smallest absolute Gasteiger partial charge is 0.276 e. The molecule has 36 heavy (non-hydrogen) atoms. The predicted molar refractivity (Wildman–Crippen MR) is 141 cm³/mol. The number of hydrogen-bond donors (Lipinski definition) is 5. The number of pyridine rings is 1. The minimum Gasteiger partial charge on any atom is -0.389 e. The fourth-order valence-corrected chi connectivity index (χ4v) is 4.64. The Hall–Kier alpha value is -2.95. The Bertz CT molecular complexity index is 1230. The number of nitrogens with one attached hydrogen (secondary N) is 4. The highest BCUT2D eigenvalue weighted by Crippen LogP contribution is 2.30. The van der Waals surface area contributed by atoms with E-state index in [4.69, 9.17) is 16.7 Å². The van der Waals surface area contributed by atoms with Gasteiger partial charge < -0.3 is 26.4 Å². The first-order valence-corrected chi connectivity index (χ1v) is 12.9. The Morgan fingerprint density at radius 3 is 2.47 bits per heavy atom. The first-order chi connectivity index (χ1) is 17.2. The monoisotopic (exact) mass is 512 g/mol. The van der Waals surface area contributed by atoms with Crippen LogP contribution in [0.3, 0.4) is 0 Å². The van der Waals surface area contributed by atoms with E-state index < -0.39 is 5.60 Å². The van der Waals surface area contributed by atoms with Crippen LogP contribution in [0.4, 0.5) is 17.2 Å². The number of carbonyl (C=O) groups excluding carboxylic acids is 1. The highest BCUT2D eigenvalue weighted by atomic mass is 35.5. The van der Waals surface area contributed by atoms with Gasteiger partial charge in [-0.2, -0.15) is 0 Å². The molecule has 2 aliphatic rings. The van der Waals surface area contributed by atoms with Crippen LogP contribution in [0.2, 0.25) is 5.15 Å². The van der Waals surface area contributed by atoms with Gasteiger partial charge in [0.15, 0.2) is 11.3 Å².